The molecule has 0 amide bonds. The predicted octanol–water partition coefficient (Wildman–Crippen LogP) is 14.4. The van der Waals surface area contributed by atoms with Crippen LogP contribution in [0.3, 0.4) is 0 Å². The summed E-state index contributed by atoms with van der Waals surface area (Å²) >= 11 is 0. The van der Waals surface area contributed by atoms with E-state index in [4.69, 9.17) is 47.4 Å². The average Bonchev–Trinajstić information content (AvgIpc) is 0.830. The number of carbonyl (C=O) groups excluding carboxylic acids is 9. The lowest BCUT2D eigenvalue weighted by Gasteiger charge is -2.17. The molecule has 0 saturated carbocycles. The van der Waals surface area contributed by atoms with Crippen LogP contribution in [0.1, 0.15) is 251 Å². The zero-order valence-corrected chi connectivity index (χ0v) is 77.2. The Morgan fingerprint density at radius 3 is 1.03 bits per heavy atom. The highest BCUT2D eigenvalue weighted by molar-refractivity contribution is 5.98. The van der Waals surface area contributed by atoms with Gasteiger partial charge in [0.25, 0.3) is 0 Å². The summed E-state index contributed by atoms with van der Waals surface area (Å²) < 4.78 is 55.4. The highest BCUT2D eigenvalue weighted by Crippen LogP contribution is 2.40. The number of hydrogen-bond acceptors (Lipinski definition) is 27. The molecule has 672 valence electrons. The molecule has 5 aromatic rings. The van der Waals surface area contributed by atoms with E-state index in [9.17, 15) is 43.2 Å². The Hall–Kier alpha value is -9.19. The van der Waals surface area contributed by atoms with Crippen molar-refractivity contribution in [2.75, 3.05) is 136 Å². The lowest BCUT2D eigenvalue weighted by molar-refractivity contribution is -0.125. The van der Waals surface area contributed by atoms with Crippen LogP contribution in [-0.4, -0.2) is 200 Å². The number of rotatable bonds is 50. The van der Waals surface area contributed by atoms with Gasteiger partial charge in [0, 0.05) is 90.9 Å². The van der Waals surface area contributed by atoms with E-state index >= 15 is 0 Å². The van der Waals surface area contributed by atoms with Gasteiger partial charge in [-0.15, -0.1) is 0 Å². The molecule has 2 atom stereocenters. The minimum absolute atomic E-state index is 0.00733. The molecule has 0 aromatic heterocycles. The summed E-state index contributed by atoms with van der Waals surface area (Å²) in [7, 11) is 14.7. The van der Waals surface area contributed by atoms with Crippen molar-refractivity contribution in [3.8, 4) is 57.5 Å². The fourth-order valence-electron chi connectivity index (χ4n) is 10.8. The highest BCUT2D eigenvalue weighted by Gasteiger charge is 2.21. The molecule has 8 N–H and O–H groups in total. The van der Waals surface area contributed by atoms with E-state index in [0.717, 1.165) is 86.3 Å². The Morgan fingerprint density at radius 2 is 0.731 bits per heavy atom. The van der Waals surface area contributed by atoms with Crippen LogP contribution in [0.15, 0.2) is 72.8 Å². The van der Waals surface area contributed by atoms with Gasteiger partial charge in [-0.05, 0) is 252 Å². The summed E-state index contributed by atoms with van der Waals surface area (Å²) in [4.78, 5) is 101. The standard InChI is InChI=1S/C16H25NO3.C14H21NO3.C14H20O4.C12H18N2O2.C12H16O3.C10H19NO2.C7H16N2O.C7H15NO/c1-5-7-19-15-9-13(12(3)18)10-16(20-8-6-2)14(15)11-17-4;1-5-17-13-7-11(10(3)16)8-14(18-6-2)12(13)9-15-4;1-5-16-12-8-11(10(4)15)9-13(17-6-2)14(12)18-7-3;1-9(15)11-6-10(7-13-2)4-5-12(11)16-8-14-3;1-4-14-11-6-10(9(3)13)7-12(8-11)15-5-2;1-4-5-6-10(13)9(11-3)7-8(2)12;1-6(10)7(4-8-2)5-9-3;1-4-5-7(8-3)6(2)9/h9-10,17H,5-8,11H2,1-4H3;7-8,15H,5-6,9H2,1-4H3;8-9H,5-7H2,1-4H3;4-6,13-14H,7-8H2,1-3H3;6-8H,4-5H2,1-3H3;9,11H,4-7H2,1-3H3;7-9H,4-5H2,1-3H3;7-8H,4-5H2,1-3H3/t;;;;;9-;;7-/m.....0.0/s1. The Balaban J connectivity index is -0.00000131. The molecule has 0 unspecified atom stereocenters. The summed E-state index contributed by atoms with van der Waals surface area (Å²) in [6.07, 6.45) is 6.69. The monoisotopic (exact) mass is 1670 g/mol. The molecule has 0 radical (unpaired) electrons. The number of ketones is 9. The van der Waals surface area contributed by atoms with Crippen LogP contribution < -0.4 is 89.9 Å². The highest BCUT2D eigenvalue weighted by atomic mass is 16.5. The Morgan fingerprint density at radius 1 is 0.345 bits per heavy atom. The minimum Gasteiger partial charge on any atom is -0.494 e. The second kappa shape index (κ2) is 70.6. The third-order valence-corrected chi connectivity index (χ3v) is 16.7. The van der Waals surface area contributed by atoms with Crippen LogP contribution in [0.5, 0.6) is 57.5 Å². The maximum Gasteiger partial charge on any atom is 0.203 e. The van der Waals surface area contributed by atoms with Gasteiger partial charge in [-0.2, -0.15) is 0 Å². The smallest absolute Gasteiger partial charge is 0.203 e. The van der Waals surface area contributed by atoms with E-state index in [1.807, 2.05) is 128 Å². The number of unbranched alkanes of at least 4 members (excludes halogenated alkanes) is 1. The molecule has 0 spiro atoms. The van der Waals surface area contributed by atoms with Crippen LogP contribution >= 0.6 is 0 Å². The molecule has 0 heterocycles. The van der Waals surface area contributed by atoms with E-state index < -0.39 is 0 Å². The van der Waals surface area contributed by atoms with E-state index in [1.54, 1.807) is 91.2 Å². The number of nitrogens with one attached hydrogen (secondary N) is 8. The molecule has 27 nitrogen and oxygen atoms in total. The Bertz CT molecular complexity index is 3530. The van der Waals surface area contributed by atoms with Gasteiger partial charge in [0.2, 0.25) is 5.75 Å². The molecule has 0 fully saturated rings. The number of hydrogen-bond donors (Lipinski definition) is 8. The van der Waals surface area contributed by atoms with Gasteiger partial charge >= 0.3 is 0 Å². The van der Waals surface area contributed by atoms with E-state index in [-0.39, 0.29) is 70.1 Å². The maximum absolute atomic E-state index is 11.6. The number of ether oxygens (including phenoxy) is 10. The summed E-state index contributed by atoms with van der Waals surface area (Å²) in [5.74, 6) is 7.37. The third kappa shape index (κ3) is 49.2. The first-order chi connectivity index (χ1) is 56.8. The average molecular weight is 1670 g/mol. The maximum atomic E-state index is 11.6. The van der Waals surface area contributed by atoms with Crippen molar-refractivity contribution in [1.82, 2.24) is 42.5 Å². The van der Waals surface area contributed by atoms with Gasteiger partial charge < -0.3 is 84.6 Å². The number of carbonyl (C=O) groups is 9. The van der Waals surface area contributed by atoms with Gasteiger partial charge in [0.1, 0.15) is 70.1 Å². The molecule has 5 rings (SSSR count). The second-order valence-corrected chi connectivity index (χ2v) is 27.0. The first-order valence-electron chi connectivity index (χ1n) is 41.7. The molecular weight excluding hydrogens is 1520 g/mol. The van der Waals surface area contributed by atoms with Crippen LogP contribution in [0.4, 0.5) is 0 Å². The molecule has 27 heteroatoms. The Labute approximate surface area is 712 Å². The number of benzene rings is 5. The van der Waals surface area contributed by atoms with Crippen LogP contribution in [0, 0.1) is 5.92 Å². The van der Waals surface area contributed by atoms with Gasteiger partial charge in [-0.1, -0.05) is 46.6 Å². The second-order valence-electron chi connectivity index (χ2n) is 27.0. The molecule has 0 aliphatic heterocycles. The van der Waals surface area contributed by atoms with Crippen molar-refractivity contribution in [3.63, 3.8) is 0 Å². The van der Waals surface area contributed by atoms with Crippen molar-refractivity contribution in [2.24, 2.45) is 5.92 Å². The minimum atomic E-state index is -0.274. The molecule has 0 aliphatic rings. The largest absolute Gasteiger partial charge is 0.494 e. The number of Topliss-reactive ketones (excluding diaryl/α,β-unsaturated/α-hetero) is 9. The van der Waals surface area contributed by atoms with Crippen molar-refractivity contribution in [3.05, 3.63) is 117 Å². The fraction of sp³-hybridized carbons (Fsp3) is 0.576. The topological polar surface area (TPSA) is 342 Å². The lowest BCUT2D eigenvalue weighted by Crippen LogP contribution is -2.35. The molecule has 5 aromatic carbocycles. The van der Waals surface area contributed by atoms with Crippen molar-refractivity contribution in [2.45, 2.75) is 215 Å². The Kier molecular flexibility index (Phi) is 67.6. The quantitative estimate of drug-likeness (QED) is 0.0132. The zero-order valence-electron chi connectivity index (χ0n) is 77.2. The first kappa shape index (κ1) is 114. The van der Waals surface area contributed by atoms with E-state index in [2.05, 4.69) is 63.3 Å². The predicted molar refractivity (Wildman–Crippen MR) is 478 cm³/mol. The van der Waals surface area contributed by atoms with E-state index in [1.165, 1.54) is 20.8 Å². The van der Waals surface area contributed by atoms with Gasteiger partial charge in [0.05, 0.1) is 77.1 Å². The molecule has 0 saturated heterocycles. The van der Waals surface area contributed by atoms with Crippen molar-refractivity contribution >= 4 is 52.0 Å². The summed E-state index contributed by atoms with van der Waals surface area (Å²) in [6.45, 7) is 43.0. The summed E-state index contributed by atoms with van der Waals surface area (Å²) in [6, 6.07) is 21.3. The van der Waals surface area contributed by atoms with Gasteiger partial charge in [0.15, 0.2) is 40.4 Å². The molecule has 119 heavy (non-hydrogen) atoms. The summed E-state index contributed by atoms with van der Waals surface area (Å²) in [5.41, 5.74) is 6.04. The number of likely N-dealkylation sites (N-methyl/N-ethyl adjacent to an activating group) is 2. The van der Waals surface area contributed by atoms with Gasteiger partial charge in [-0.25, -0.2) is 0 Å². The van der Waals surface area contributed by atoms with Crippen LogP contribution in [0.2, 0.25) is 0 Å². The first-order valence-corrected chi connectivity index (χ1v) is 41.7. The fourth-order valence-corrected chi connectivity index (χ4v) is 10.8. The zero-order chi connectivity index (χ0) is 90.8. The SMILES string of the molecule is CCCCC(=O)[C@H](CC(C)=O)NC.CCCOc1cc(C(C)=O)cc(OCCC)c1CNC.CCC[C@H](NC)C(C)=O.CCOc1cc(C(C)=O)cc(OCC)c1CNC.CCOc1cc(C(C)=O)cc(OCC)c1OCC.CCOc1cc(OCC)cc(C(C)=O)c1.CNCC(CNC)C(C)=O.CNCOc1ccc(CNC)cc1C(C)=O. The van der Waals surface area contributed by atoms with E-state index in [0.29, 0.717) is 166 Å². The molecule has 0 bridgehead atoms. The van der Waals surface area contributed by atoms with Crippen molar-refractivity contribution in [1.29, 1.82) is 0 Å². The molecular formula is C92H150N8O19. The molecule has 0 aliphatic carbocycles. The lowest BCUT2D eigenvalue weighted by atomic mass is 10.0. The normalized spacial score (nSPS) is 10.7. The van der Waals surface area contributed by atoms with Crippen LogP contribution in [0.25, 0.3) is 0 Å². The van der Waals surface area contributed by atoms with Crippen LogP contribution in [-0.2, 0) is 38.8 Å². The summed E-state index contributed by atoms with van der Waals surface area (Å²) in [5, 5.41) is 23.9. The van der Waals surface area contributed by atoms with Crippen molar-refractivity contribution < 1.29 is 90.5 Å². The third-order valence-electron chi connectivity index (χ3n) is 16.7. The van der Waals surface area contributed by atoms with Gasteiger partial charge in [-0.3, -0.25) is 48.5 Å².